The van der Waals surface area contributed by atoms with Crippen molar-refractivity contribution in [1.29, 1.82) is 0 Å². The third-order valence-electron chi connectivity index (χ3n) is 2.85. The molecule has 9 heteroatoms. The van der Waals surface area contributed by atoms with Gasteiger partial charge < -0.3 is 9.84 Å². The number of ether oxygens (including phenoxy) is 1. The minimum Gasteiger partial charge on any atom is -0.478 e. The lowest BCUT2D eigenvalue weighted by Gasteiger charge is -2.26. The van der Waals surface area contributed by atoms with Gasteiger partial charge in [-0.05, 0) is 12.1 Å². The summed E-state index contributed by atoms with van der Waals surface area (Å²) in [5.41, 5.74) is -0.891. The second-order valence-corrected chi connectivity index (χ2v) is 5.93. The van der Waals surface area contributed by atoms with Crippen molar-refractivity contribution in [3.63, 3.8) is 0 Å². The van der Waals surface area contributed by atoms with Gasteiger partial charge in [-0.3, -0.25) is 0 Å². The van der Waals surface area contributed by atoms with Crippen LogP contribution in [0.4, 0.5) is 8.78 Å². The molecule has 0 bridgehead atoms. The summed E-state index contributed by atoms with van der Waals surface area (Å²) in [7, 11) is -4.44. The predicted molar refractivity (Wildman–Crippen MR) is 62.9 cm³/mol. The molecule has 0 atom stereocenters. The summed E-state index contributed by atoms with van der Waals surface area (Å²) in [6, 6.07) is 1.31. The zero-order valence-corrected chi connectivity index (χ0v) is 11.0. The molecule has 20 heavy (non-hydrogen) atoms. The second kappa shape index (κ2) is 5.43. The van der Waals surface area contributed by atoms with E-state index in [0.29, 0.717) is 12.1 Å². The quantitative estimate of drug-likeness (QED) is 0.888. The van der Waals surface area contributed by atoms with Crippen LogP contribution in [0.3, 0.4) is 0 Å². The van der Waals surface area contributed by atoms with Crippen molar-refractivity contribution in [3.05, 3.63) is 29.3 Å². The van der Waals surface area contributed by atoms with Crippen LogP contribution < -0.4 is 0 Å². The highest BCUT2D eigenvalue weighted by molar-refractivity contribution is 7.89. The van der Waals surface area contributed by atoms with Crippen LogP contribution in [0, 0.1) is 11.6 Å². The predicted octanol–water partition coefficient (Wildman–Crippen LogP) is 0.684. The van der Waals surface area contributed by atoms with Crippen LogP contribution in [0.2, 0.25) is 0 Å². The van der Waals surface area contributed by atoms with E-state index in [1.54, 1.807) is 0 Å². The van der Waals surface area contributed by atoms with Crippen LogP contribution in [0.25, 0.3) is 0 Å². The maximum atomic E-state index is 14.0. The summed E-state index contributed by atoms with van der Waals surface area (Å²) in [5.74, 6) is -4.58. The monoisotopic (exact) mass is 307 g/mol. The van der Waals surface area contributed by atoms with E-state index in [9.17, 15) is 22.0 Å². The number of sulfonamides is 1. The highest BCUT2D eigenvalue weighted by atomic mass is 32.2. The molecule has 1 saturated heterocycles. The van der Waals surface area contributed by atoms with E-state index in [-0.39, 0.29) is 26.3 Å². The topological polar surface area (TPSA) is 83.9 Å². The Bertz CT molecular complexity index is 640. The number of carbonyl (C=O) groups is 1. The Morgan fingerprint density at radius 3 is 2.40 bits per heavy atom. The maximum absolute atomic E-state index is 14.0. The van der Waals surface area contributed by atoms with Crippen molar-refractivity contribution in [1.82, 2.24) is 4.31 Å². The molecule has 1 heterocycles. The molecular weight excluding hydrogens is 296 g/mol. The molecule has 1 N–H and O–H groups in total. The molecule has 0 spiro atoms. The van der Waals surface area contributed by atoms with Crippen LogP contribution in [-0.2, 0) is 14.8 Å². The third kappa shape index (κ3) is 2.51. The first-order chi connectivity index (χ1) is 9.35. The van der Waals surface area contributed by atoms with Crippen molar-refractivity contribution in [2.75, 3.05) is 26.3 Å². The first kappa shape index (κ1) is 14.8. The number of nitrogens with zero attached hydrogens (tertiary/aromatic N) is 1. The number of halogens is 2. The fourth-order valence-corrected chi connectivity index (χ4v) is 3.39. The fourth-order valence-electron chi connectivity index (χ4n) is 1.85. The molecule has 0 aliphatic carbocycles. The van der Waals surface area contributed by atoms with E-state index in [1.807, 2.05) is 0 Å². The van der Waals surface area contributed by atoms with Crippen molar-refractivity contribution >= 4 is 16.0 Å². The number of carboxylic acid groups (broad SMARTS) is 1. The van der Waals surface area contributed by atoms with E-state index in [0.717, 1.165) is 4.31 Å². The Kier molecular flexibility index (Phi) is 4.02. The lowest BCUT2D eigenvalue weighted by Crippen LogP contribution is -2.41. The number of hydrogen-bond acceptors (Lipinski definition) is 4. The molecule has 0 saturated carbocycles. The number of aromatic carboxylic acids is 1. The molecule has 0 amide bonds. The largest absolute Gasteiger partial charge is 0.478 e. The van der Waals surface area contributed by atoms with Gasteiger partial charge in [0.05, 0.1) is 18.8 Å². The molecule has 1 aromatic rings. The number of benzene rings is 1. The van der Waals surface area contributed by atoms with E-state index < -0.39 is 38.1 Å². The molecule has 0 radical (unpaired) electrons. The van der Waals surface area contributed by atoms with Crippen LogP contribution in [-0.4, -0.2) is 50.1 Å². The van der Waals surface area contributed by atoms with Crippen LogP contribution in [0.15, 0.2) is 17.0 Å². The van der Waals surface area contributed by atoms with Gasteiger partial charge >= 0.3 is 5.97 Å². The zero-order chi connectivity index (χ0) is 14.9. The third-order valence-corrected chi connectivity index (χ3v) is 4.78. The summed E-state index contributed by atoms with van der Waals surface area (Å²) in [6.07, 6.45) is 0. The highest BCUT2D eigenvalue weighted by Crippen LogP contribution is 2.25. The highest BCUT2D eigenvalue weighted by Gasteiger charge is 2.34. The molecule has 2 rings (SSSR count). The Balaban J connectivity index is 2.56. The molecule has 110 valence electrons. The molecule has 6 nitrogen and oxygen atoms in total. The summed E-state index contributed by atoms with van der Waals surface area (Å²) in [4.78, 5) is 9.56. The van der Waals surface area contributed by atoms with Crippen molar-refractivity contribution in [2.45, 2.75) is 4.90 Å². The normalized spacial score (nSPS) is 17.1. The standard InChI is InChI=1S/C11H11F2NO5S/c12-8-2-1-7(11(15)16)9(13)10(8)20(17,18)14-3-5-19-6-4-14/h1-2H,3-6H2,(H,15,16). The van der Waals surface area contributed by atoms with Gasteiger partial charge in [-0.25, -0.2) is 22.0 Å². The average Bonchev–Trinajstić information content (AvgIpc) is 2.39. The molecule has 1 aliphatic heterocycles. The van der Waals surface area contributed by atoms with Crippen LogP contribution in [0.1, 0.15) is 10.4 Å². The van der Waals surface area contributed by atoms with Crippen LogP contribution in [0.5, 0.6) is 0 Å². The smallest absolute Gasteiger partial charge is 0.338 e. The Labute approximate surface area is 113 Å². The first-order valence-corrected chi connectivity index (χ1v) is 7.09. The van der Waals surface area contributed by atoms with Gasteiger partial charge in [0, 0.05) is 13.1 Å². The molecular formula is C11H11F2NO5S. The van der Waals surface area contributed by atoms with Crippen molar-refractivity contribution in [3.8, 4) is 0 Å². The number of morpholine rings is 1. The van der Waals surface area contributed by atoms with Gasteiger partial charge in [-0.15, -0.1) is 0 Å². The van der Waals surface area contributed by atoms with Gasteiger partial charge in [0.1, 0.15) is 5.82 Å². The second-order valence-electron chi connectivity index (χ2n) is 4.06. The lowest BCUT2D eigenvalue weighted by molar-refractivity contribution is 0.0689. The molecule has 0 aromatic heterocycles. The summed E-state index contributed by atoms with van der Waals surface area (Å²) < 4.78 is 57.9. The van der Waals surface area contributed by atoms with E-state index in [4.69, 9.17) is 9.84 Å². The number of hydrogen-bond donors (Lipinski definition) is 1. The minimum absolute atomic E-state index is 0.0431. The minimum atomic E-state index is -4.44. The molecule has 0 unspecified atom stereocenters. The van der Waals surface area contributed by atoms with Gasteiger partial charge in [0.15, 0.2) is 10.7 Å². The van der Waals surface area contributed by atoms with E-state index in [2.05, 4.69) is 0 Å². The Hall–Kier alpha value is -1.58. The summed E-state index contributed by atoms with van der Waals surface area (Å²) in [5, 5.41) is 8.77. The first-order valence-electron chi connectivity index (χ1n) is 5.65. The van der Waals surface area contributed by atoms with Crippen molar-refractivity contribution in [2.24, 2.45) is 0 Å². The zero-order valence-electron chi connectivity index (χ0n) is 10.2. The maximum Gasteiger partial charge on any atom is 0.338 e. The average molecular weight is 307 g/mol. The SMILES string of the molecule is O=C(O)c1ccc(F)c(S(=O)(=O)N2CCOCC2)c1F. The number of carboxylic acids is 1. The van der Waals surface area contributed by atoms with Gasteiger partial charge in [-0.1, -0.05) is 0 Å². The lowest BCUT2D eigenvalue weighted by atomic mass is 10.2. The van der Waals surface area contributed by atoms with E-state index in [1.165, 1.54) is 0 Å². The number of rotatable bonds is 3. The Morgan fingerprint density at radius 2 is 1.85 bits per heavy atom. The summed E-state index contributed by atoms with van der Waals surface area (Å²) in [6.45, 7) is 0.138. The molecule has 1 fully saturated rings. The Morgan fingerprint density at radius 1 is 1.25 bits per heavy atom. The van der Waals surface area contributed by atoms with Gasteiger partial charge in [-0.2, -0.15) is 4.31 Å². The summed E-state index contributed by atoms with van der Waals surface area (Å²) >= 11 is 0. The van der Waals surface area contributed by atoms with Crippen molar-refractivity contribution < 1.29 is 31.8 Å². The molecule has 1 aromatic carbocycles. The van der Waals surface area contributed by atoms with Gasteiger partial charge in [0.2, 0.25) is 10.0 Å². The molecule has 1 aliphatic rings. The van der Waals surface area contributed by atoms with Crippen LogP contribution >= 0.6 is 0 Å². The fraction of sp³-hybridized carbons (Fsp3) is 0.364. The van der Waals surface area contributed by atoms with E-state index >= 15 is 0 Å². The van der Waals surface area contributed by atoms with Gasteiger partial charge in [0.25, 0.3) is 0 Å².